The first-order valence-electron chi connectivity index (χ1n) is 29.2. The minimum absolute atomic E-state index is 0.109. The summed E-state index contributed by atoms with van der Waals surface area (Å²) in [6.45, 7) is 60.8. The Labute approximate surface area is 493 Å². The van der Waals surface area contributed by atoms with Crippen molar-refractivity contribution in [1.82, 2.24) is 0 Å². The van der Waals surface area contributed by atoms with Crippen molar-refractivity contribution in [2.24, 2.45) is 5.41 Å². The summed E-state index contributed by atoms with van der Waals surface area (Å²) in [7, 11) is -8.31. The van der Waals surface area contributed by atoms with Crippen LogP contribution < -0.4 is 28.7 Å². The zero-order valence-corrected chi connectivity index (χ0v) is 57.2. The van der Waals surface area contributed by atoms with Crippen molar-refractivity contribution < 1.29 is 27.2 Å². The highest BCUT2D eigenvalue weighted by Gasteiger charge is 2.39. The molecule has 6 rings (SSSR count). The highest BCUT2D eigenvalue weighted by molar-refractivity contribution is 7.63. The van der Waals surface area contributed by atoms with Crippen LogP contribution in [0.1, 0.15) is 238 Å². The van der Waals surface area contributed by atoms with E-state index in [0.717, 1.165) is 55.6 Å². The van der Waals surface area contributed by atoms with Crippen LogP contribution in [0.2, 0.25) is 0 Å². The lowest BCUT2D eigenvalue weighted by atomic mass is 9.80. The van der Waals surface area contributed by atoms with Crippen LogP contribution in [0.5, 0.6) is 23.0 Å². The maximum absolute atomic E-state index is 16.0. The van der Waals surface area contributed by atoms with E-state index >= 15 is 9.13 Å². The standard InChI is InChI=1S/C68H92O6P2.C5H12/c1-61(2,3)47-29-37-57(53(41-47)65(13,14)15)71-75(69,72-58-38-30-48(62(4,5)6)42-54(58)66(16,17)18)51-33-25-45(26-34-51)46-27-35-52(36-28-46)76(70,73-59-39-31-49(63(7,8)9)43-55(59)67(19,20)21)74-60-40-32-50(64(10,11)12)44-56(60)68(22,23)24;1-5(2,3)4/h25-44H,1-24H3;1-4H3. The van der Waals surface area contributed by atoms with Gasteiger partial charge in [-0.05, 0) is 131 Å². The van der Waals surface area contributed by atoms with Crippen LogP contribution >= 0.6 is 15.2 Å². The first-order chi connectivity index (χ1) is 36.4. The zero-order chi connectivity index (χ0) is 61.7. The van der Waals surface area contributed by atoms with Crippen LogP contribution in [0.4, 0.5) is 0 Å². The topological polar surface area (TPSA) is 71.1 Å². The Hall–Kier alpha value is -5.02. The Morgan fingerprint density at radius 3 is 0.568 bits per heavy atom. The van der Waals surface area contributed by atoms with Crippen molar-refractivity contribution in [2.75, 3.05) is 0 Å². The lowest BCUT2D eigenvalue weighted by Crippen LogP contribution is -2.22. The quantitative estimate of drug-likeness (QED) is 0.120. The van der Waals surface area contributed by atoms with Crippen LogP contribution in [0.25, 0.3) is 11.1 Å². The van der Waals surface area contributed by atoms with E-state index in [-0.39, 0.29) is 43.3 Å². The third-order valence-corrected chi connectivity index (χ3v) is 17.8. The van der Waals surface area contributed by atoms with Gasteiger partial charge in [-0.15, -0.1) is 0 Å². The van der Waals surface area contributed by atoms with Gasteiger partial charge in [-0.1, -0.05) is 267 Å². The van der Waals surface area contributed by atoms with Gasteiger partial charge in [0.05, 0.1) is 10.6 Å². The molecular weight excluding hydrogens is 1030 g/mol. The summed E-state index contributed by atoms with van der Waals surface area (Å²) in [5.41, 5.74) is 8.85. The molecule has 0 bridgehead atoms. The Bertz CT molecular complexity index is 2860. The molecule has 0 N–H and O–H groups in total. The molecule has 0 aromatic heterocycles. The number of benzene rings is 6. The fraction of sp³-hybridized carbons (Fsp3) is 0.507. The molecule has 0 saturated heterocycles. The second kappa shape index (κ2) is 23.2. The molecule has 0 atom stereocenters. The fourth-order valence-electron chi connectivity index (χ4n) is 9.09. The SMILES string of the molecule is CC(C)(C)C.CC(C)(C)c1ccc(OP(=O)(Oc2ccc(C(C)(C)C)cc2C(C)(C)C)c2ccc(-c3ccc(P(=O)(Oc4ccc(C(C)(C)C)cc4C(C)(C)C)Oc4ccc(C(C)(C)C)cc4C(C)(C)C)cc3)cc2)c(C(C)(C)C)c1. The van der Waals surface area contributed by atoms with E-state index < -0.39 is 15.2 Å². The summed E-state index contributed by atoms with van der Waals surface area (Å²) in [6, 6.07) is 39.9. The largest absolute Gasteiger partial charge is 0.462 e. The molecule has 0 aliphatic heterocycles. The molecule has 0 aliphatic rings. The van der Waals surface area contributed by atoms with Gasteiger partial charge in [-0.3, -0.25) is 0 Å². The van der Waals surface area contributed by atoms with E-state index in [1.54, 1.807) is 0 Å². The van der Waals surface area contributed by atoms with E-state index in [1.807, 2.05) is 72.8 Å². The minimum Gasteiger partial charge on any atom is -0.412 e. The minimum atomic E-state index is -4.16. The van der Waals surface area contributed by atoms with E-state index in [2.05, 4.69) is 242 Å². The molecule has 0 spiro atoms. The maximum Gasteiger partial charge on any atom is 0.462 e. The van der Waals surface area contributed by atoms with Crippen LogP contribution in [0.3, 0.4) is 0 Å². The summed E-state index contributed by atoms with van der Waals surface area (Å²) in [4.78, 5) is 0. The summed E-state index contributed by atoms with van der Waals surface area (Å²) >= 11 is 0. The van der Waals surface area contributed by atoms with Crippen molar-refractivity contribution in [1.29, 1.82) is 0 Å². The monoisotopic (exact) mass is 1140 g/mol. The van der Waals surface area contributed by atoms with E-state index in [0.29, 0.717) is 39.0 Å². The lowest BCUT2D eigenvalue weighted by Gasteiger charge is -2.31. The smallest absolute Gasteiger partial charge is 0.412 e. The molecular formula is C73H104O6P2. The van der Waals surface area contributed by atoms with Gasteiger partial charge in [0.2, 0.25) is 0 Å². The van der Waals surface area contributed by atoms with Gasteiger partial charge in [0.1, 0.15) is 23.0 Å². The van der Waals surface area contributed by atoms with Crippen molar-refractivity contribution in [3.8, 4) is 34.1 Å². The summed E-state index contributed by atoms with van der Waals surface area (Å²) < 4.78 is 59.4. The molecule has 8 heteroatoms. The van der Waals surface area contributed by atoms with Crippen LogP contribution in [-0.2, 0) is 52.5 Å². The first-order valence-corrected chi connectivity index (χ1v) is 32.3. The average molecular weight is 1140 g/mol. The maximum atomic E-state index is 16.0. The molecule has 6 aromatic carbocycles. The van der Waals surface area contributed by atoms with Gasteiger partial charge >= 0.3 is 15.2 Å². The Morgan fingerprint density at radius 2 is 0.420 bits per heavy atom. The predicted octanol–water partition coefficient (Wildman–Crippen LogP) is 21.7. The van der Waals surface area contributed by atoms with E-state index in [9.17, 15) is 0 Å². The highest BCUT2D eigenvalue weighted by Crippen LogP contribution is 2.55. The highest BCUT2D eigenvalue weighted by atomic mass is 31.2. The number of hydrogen-bond donors (Lipinski definition) is 0. The molecule has 0 unspecified atom stereocenters. The predicted molar refractivity (Wildman–Crippen MR) is 349 cm³/mol. The lowest BCUT2D eigenvalue weighted by molar-refractivity contribution is 0.385. The summed E-state index contributed by atoms with van der Waals surface area (Å²) in [5.74, 6) is 2.06. The van der Waals surface area contributed by atoms with E-state index in [4.69, 9.17) is 18.1 Å². The van der Waals surface area contributed by atoms with Crippen LogP contribution in [-0.4, -0.2) is 0 Å². The van der Waals surface area contributed by atoms with Crippen molar-refractivity contribution >= 4 is 25.8 Å². The van der Waals surface area contributed by atoms with Crippen molar-refractivity contribution in [3.05, 3.63) is 166 Å². The molecule has 0 saturated carbocycles. The Morgan fingerprint density at radius 1 is 0.247 bits per heavy atom. The molecule has 6 aromatic rings. The van der Waals surface area contributed by atoms with E-state index in [1.165, 1.54) is 0 Å². The second-order valence-corrected chi connectivity index (χ2v) is 36.1. The molecule has 81 heavy (non-hydrogen) atoms. The number of hydrogen-bond acceptors (Lipinski definition) is 6. The van der Waals surface area contributed by atoms with Gasteiger partial charge in [0.15, 0.2) is 0 Å². The molecule has 0 fully saturated rings. The third-order valence-electron chi connectivity index (χ3n) is 14.2. The van der Waals surface area contributed by atoms with Crippen molar-refractivity contribution in [3.63, 3.8) is 0 Å². The first kappa shape index (κ1) is 66.8. The molecule has 0 aliphatic carbocycles. The van der Waals surface area contributed by atoms with Gasteiger partial charge in [0.25, 0.3) is 0 Å². The van der Waals surface area contributed by atoms with Crippen LogP contribution in [0.15, 0.2) is 121 Å². The summed E-state index contributed by atoms with van der Waals surface area (Å²) in [6.07, 6.45) is 0. The van der Waals surface area contributed by atoms with Gasteiger partial charge in [0, 0.05) is 22.3 Å². The van der Waals surface area contributed by atoms with Gasteiger partial charge in [-0.2, -0.15) is 0 Å². The van der Waals surface area contributed by atoms with Crippen molar-refractivity contribution in [2.45, 2.75) is 237 Å². The Kier molecular flexibility index (Phi) is 19.1. The van der Waals surface area contributed by atoms with Gasteiger partial charge in [-0.25, -0.2) is 9.13 Å². The molecule has 0 amide bonds. The number of rotatable bonds is 11. The molecule has 442 valence electrons. The fourth-order valence-corrected chi connectivity index (χ4v) is 12.3. The summed E-state index contributed by atoms with van der Waals surface area (Å²) in [5, 5.41) is 0.830. The second-order valence-electron chi connectivity index (χ2n) is 32.3. The normalized spacial score (nSPS) is 13.5. The molecule has 0 radical (unpaired) electrons. The van der Waals surface area contributed by atoms with Crippen LogP contribution in [0, 0.1) is 5.41 Å². The van der Waals surface area contributed by atoms with Gasteiger partial charge < -0.3 is 18.1 Å². The average Bonchev–Trinajstić information content (AvgIpc) is 3.28. The molecule has 0 heterocycles. The zero-order valence-electron chi connectivity index (χ0n) is 55.4. The third kappa shape index (κ3) is 17.5. The molecule has 6 nitrogen and oxygen atoms in total. The Balaban J connectivity index is 0.00000230.